The maximum absolute atomic E-state index is 12.5. The summed E-state index contributed by atoms with van der Waals surface area (Å²) in [4.78, 5) is 30.9. The number of pyridine rings is 1. The molecule has 5 nitrogen and oxygen atoms in total. The highest BCUT2D eigenvalue weighted by atomic mass is 19.4. The van der Waals surface area contributed by atoms with E-state index in [1.165, 1.54) is 11.9 Å². The molecular formula is C15H18F3N3O2. The first-order valence-electron chi connectivity index (χ1n) is 7.25. The highest BCUT2D eigenvalue weighted by molar-refractivity contribution is 6.07. The van der Waals surface area contributed by atoms with Gasteiger partial charge in [0.15, 0.2) is 0 Å². The molecule has 0 aliphatic carbocycles. The Balaban J connectivity index is 2.15. The van der Waals surface area contributed by atoms with Crippen LogP contribution in [0.1, 0.15) is 18.5 Å². The minimum Gasteiger partial charge on any atom is -0.333 e. The molecule has 0 spiro atoms. The molecule has 1 unspecified atom stereocenters. The molecule has 0 N–H and O–H groups in total. The van der Waals surface area contributed by atoms with Crippen LogP contribution in [0.2, 0.25) is 0 Å². The molecule has 1 atom stereocenters. The number of carbonyl (C=O) groups is 2. The Morgan fingerprint density at radius 1 is 1.48 bits per heavy atom. The number of anilines is 1. The Morgan fingerprint density at radius 2 is 2.17 bits per heavy atom. The fraction of sp³-hybridized carbons (Fsp3) is 0.533. The number of alkyl halides is 3. The SMILES string of the molecule is Cc1ncccc1N(C)C(=O)C1CCCN(CC(F)(F)F)C1=O. The molecule has 1 aromatic rings. The van der Waals surface area contributed by atoms with Gasteiger partial charge >= 0.3 is 6.18 Å². The lowest BCUT2D eigenvalue weighted by Gasteiger charge is -2.34. The summed E-state index contributed by atoms with van der Waals surface area (Å²) in [6.07, 6.45) is -2.26. The average molecular weight is 329 g/mol. The van der Waals surface area contributed by atoms with Crippen LogP contribution in [0.15, 0.2) is 18.3 Å². The predicted molar refractivity (Wildman–Crippen MR) is 77.7 cm³/mol. The van der Waals surface area contributed by atoms with Gasteiger partial charge in [0.25, 0.3) is 0 Å². The molecule has 0 saturated carbocycles. The van der Waals surface area contributed by atoms with Crippen molar-refractivity contribution in [3.63, 3.8) is 0 Å². The molecule has 2 rings (SSSR count). The Bertz CT molecular complexity index is 604. The summed E-state index contributed by atoms with van der Waals surface area (Å²) in [5, 5.41) is 0. The summed E-state index contributed by atoms with van der Waals surface area (Å²) in [5.74, 6) is -2.33. The van der Waals surface area contributed by atoms with E-state index in [1.54, 1.807) is 25.3 Å². The van der Waals surface area contributed by atoms with Crippen LogP contribution in [0.5, 0.6) is 0 Å². The van der Waals surface area contributed by atoms with Crippen molar-refractivity contribution in [1.29, 1.82) is 0 Å². The molecule has 1 aliphatic heterocycles. The van der Waals surface area contributed by atoms with Gasteiger partial charge < -0.3 is 9.80 Å². The van der Waals surface area contributed by atoms with Crippen molar-refractivity contribution in [1.82, 2.24) is 9.88 Å². The maximum atomic E-state index is 12.5. The van der Waals surface area contributed by atoms with Crippen LogP contribution in [-0.4, -0.2) is 48.0 Å². The first-order chi connectivity index (χ1) is 10.7. The van der Waals surface area contributed by atoms with Gasteiger partial charge in [-0.1, -0.05) is 0 Å². The van der Waals surface area contributed by atoms with Crippen LogP contribution in [-0.2, 0) is 9.59 Å². The fourth-order valence-electron chi connectivity index (χ4n) is 2.73. The largest absolute Gasteiger partial charge is 0.406 e. The number of aryl methyl sites for hydroxylation is 1. The molecule has 0 aromatic carbocycles. The van der Waals surface area contributed by atoms with Crippen LogP contribution in [0.4, 0.5) is 18.9 Å². The molecule has 2 amide bonds. The molecule has 2 heterocycles. The van der Waals surface area contributed by atoms with Crippen molar-refractivity contribution in [3.8, 4) is 0 Å². The second-order valence-electron chi connectivity index (χ2n) is 5.57. The van der Waals surface area contributed by atoms with E-state index in [2.05, 4.69) is 4.98 Å². The monoisotopic (exact) mass is 329 g/mol. The minimum absolute atomic E-state index is 0.0256. The van der Waals surface area contributed by atoms with Gasteiger partial charge in [-0.15, -0.1) is 0 Å². The molecule has 0 bridgehead atoms. The van der Waals surface area contributed by atoms with Crippen LogP contribution < -0.4 is 4.90 Å². The fourth-order valence-corrected chi connectivity index (χ4v) is 2.73. The standard InChI is InChI=1S/C15H18F3N3O2/c1-10-12(6-3-7-19-10)20(2)13(22)11-5-4-8-21(14(11)23)9-15(16,17)18/h3,6-7,11H,4-5,8-9H2,1-2H3. The number of aromatic nitrogens is 1. The normalized spacial score (nSPS) is 18.9. The molecule has 1 saturated heterocycles. The lowest BCUT2D eigenvalue weighted by Crippen LogP contribution is -2.50. The van der Waals surface area contributed by atoms with Gasteiger partial charge in [0.2, 0.25) is 11.8 Å². The van der Waals surface area contributed by atoms with Crippen molar-refractivity contribution >= 4 is 17.5 Å². The van der Waals surface area contributed by atoms with Crippen molar-refractivity contribution in [2.75, 3.05) is 25.0 Å². The zero-order chi connectivity index (χ0) is 17.2. The molecule has 1 aromatic heterocycles. The summed E-state index contributed by atoms with van der Waals surface area (Å²) in [5.41, 5.74) is 1.15. The molecular weight excluding hydrogens is 311 g/mol. The lowest BCUT2D eigenvalue weighted by atomic mass is 9.95. The zero-order valence-corrected chi connectivity index (χ0v) is 12.9. The van der Waals surface area contributed by atoms with Gasteiger partial charge in [0.1, 0.15) is 12.5 Å². The molecule has 1 fully saturated rings. The topological polar surface area (TPSA) is 53.5 Å². The Kier molecular flexibility index (Phi) is 4.91. The van der Waals surface area contributed by atoms with E-state index >= 15 is 0 Å². The van der Waals surface area contributed by atoms with Crippen LogP contribution in [0.3, 0.4) is 0 Å². The van der Waals surface area contributed by atoms with E-state index in [-0.39, 0.29) is 13.0 Å². The smallest absolute Gasteiger partial charge is 0.333 e. The van der Waals surface area contributed by atoms with Gasteiger partial charge in [0, 0.05) is 19.8 Å². The Morgan fingerprint density at radius 3 is 2.78 bits per heavy atom. The number of rotatable bonds is 3. The predicted octanol–water partition coefficient (Wildman–Crippen LogP) is 2.15. The zero-order valence-electron chi connectivity index (χ0n) is 12.9. The third-order valence-electron chi connectivity index (χ3n) is 3.87. The van der Waals surface area contributed by atoms with Crippen molar-refractivity contribution in [2.45, 2.75) is 25.9 Å². The van der Waals surface area contributed by atoms with Gasteiger partial charge in [-0.3, -0.25) is 14.6 Å². The Hall–Kier alpha value is -2.12. The first-order valence-corrected chi connectivity index (χ1v) is 7.25. The third kappa shape index (κ3) is 4.00. The van der Waals surface area contributed by atoms with E-state index in [0.29, 0.717) is 17.8 Å². The highest BCUT2D eigenvalue weighted by Gasteiger charge is 2.41. The molecule has 126 valence electrons. The van der Waals surface area contributed by atoms with Crippen LogP contribution in [0, 0.1) is 12.8 Å². The highest BCUT2D eigenvalue weighted by Crippen LogP contribution is 2.26. The van der Waals surface area contributed by atoms with Gasteiger partial charge in [0.05, 0.1) is 11.4 Å². The maximum Gasteiger partial charge on any atom is 0.406 e. The van der Waals surface area contributed by atoms with Gasteiger partial charge in [-0.25, -0.2) is 0 Å². The number of amides is 2. The van der Waals surface area contributed by atoms with E-state index in [1.807, 2.05) is 0 Å². The molecule has 23 heavy (non-hydrogen) atoms. The first kappa shape index (κ1) is 17.2. The summed E-state index contributed by atoms with van der Waals surface area (Å²) in [6.45, 7) is 0.431. The average Bonchev–Trinajstić information content (AvgIpc) is 2.47. The number of carbonyl (C=O) groups excluding carboxylic acids is 2. The second kappa shape index (κ2) is 6.55. The minimum atomic E-state index is -4.47. The van der Waals surface area contributed by atoms with Gasteiger partial charge in [-0.05, 0) is 31.9 Å². The van der Waals surface area contributed by atoms with Crippen molar-refractivity contribution in [3.05, 3.63) is 24.0 Å². The molecule has 0 radical (unpaired) electrons. The van der Waals surface area contributed by atoms with E-state index in [0.717, 1.165) is 4.90 Å². The van der Waals surface area contributed by atoms with Crippen LogP contribution in [0.25, 0.3) is 0 Å². The second-order valence-corrected chi connectivity index (χ2v) is 5.57. The van der Waals surface area contributed by atoms with Crippen molar-refractivity contribution in [2.24, 2.45) is 5.92 Å². The van der Waals surface area contributed by atoms with E-state index < -0.39 is 30.5 Å². The number of hydrogen-bond acceptors (Lipinski definition) is 3. The third-order valence-corrected chi connectivity index (χ3v) is 3.87. The van der Waals surface area contributed by atoms with E-state index in [4.69, 9.17) is 0 Å². The number of nitrogens with zero attached hydrogens (tertiary/aromatic N) is 3. The number of likely N-dealkylation sites (tertiary alicyclic amines) is 1. The Labute approximate surface area is 132 Å². The summed E-state index contributed by atoms with van der Waals surface area (Å²) in [7, 11) is 1.50. The summed E-state index contributed by atoms with van der Waals surface area (Å²) >= 11 is 0. The molecule has 8 heteroatoms. The van der Waals surface area contributed by atoms with E-state index in [9.17, 15) is 22.8 Å². The number of halogens is 3. The van der Waals surface area contributed by atoms with Crippen LogP contribution >= 0.6 is 0 Å². The van der Waals surface area contributed by atoms with Gasteiger partial charge in [-0.2, -0.15) is 13.2 Å². The molecule has 1 aliphatic rings. The lowest BCUT2D eigenvalue weighted by molar-refractivity contribution is -0.168. The summed E-state index contributed by atoms with van der Waals surface area (Å²) < 4.78 is 37.6. The number of hydrogen-bond donors (Lipinski definition) is 0. The summed E-state index contributed by atoms with van der Waals surface area (Å²) in [6, 6.07) is 3.34. The quantitative estimate of drug-likeness (QED) is 0.799. The van der Waals surface area contributed by atoms with Crippen molar-refractivity contribution < 1.29 is 22.8 Å². The number of piperidine rings is 1.